The molecule has 0 aliphatic carbocycles. The molecule has 1 spiro atoms. The molecule has 0 aromatic heterocycles. The van der Waals surface area contributed by atoms with Gasteiger partial charge in [-0.25, -0.2) is 0 Å². The molecule has 0 N–H and O–H groups in total. The number of nitrogens with zero attached hydrogens (tertiary/aromatic N) is 1. The summed E-state index contributed by atoms with van der Waals surface area (Å²) in [7, 11) is 0. The second-order valence-electron chi connectivity index (χ2n) is 5.30. The molecule has 0 bridgehead atoms. The minimum absolute atomic E-state index is 0.0388. The smallest absolute Gasteiger partial charge is 0.387 e. The molecule has 2 aliphatic heterocycles. The van der Waals surface area contributed by atoms with Gasteiger partial charge in [-0.3, -0.25) is 4.79 Å². The molecule has 1 aromatic carbocycles. The molecular weight excluding hydrogens is 296 g/mol. The molecule has 0 saturated carbocycles. The second-order valence-corrected chi connectivity index (χ2v) is 5.30. The van der Waals surface area contributed by atoms with Gasteiger partial charge in [0, 0.05) is 31.5 Å². The summed E-state index contributed by atoms with van der Waals surface area (Å²) in [6, 6.07) is 5.72. The average molecular weight is 313 g/mol. The highest BCUT2D eigenvalue weighted by molar-refractivity contribution is 5.94. The summed E-state index contributed by atoms with van der Waals surface area (Å²) in [4.78, 5) is 14.1. The molecule has 1 amide bonds. The van der Waals surface area contributed by atoms with Crippen LogP contribution in [0.15, 0.2) is 24.3 Å². The Morgan fingerprint density at radius 1 is 1.14 bits per heavy atom. The van der Waals surface area contributed by atoms with Crippen LogP contribution < -0.4 is 4.74 Å². The quantitative estimate of drug-likeness (QED) is 0.859. The number of piperidine rings is 1. The van der Waals surface area contributed by atoms with E-state index in [-0.39, 0.29) is 11.7 Å². The monoisotopic (exact) mass is 313 g/mol. The van der Waals surface area contributed by atoms with Crippen LogP contribution in [0.25, 0.3) is 0 Å². The Balaban J connectivity index is 1.60. The van der Waals surface area contributed by atoms with Crippen molar-refractivity contribution in [2.24, 2.45) is 0 Å². The van der Waals surface area contributed by atoms with Crippen LogP contribution in [0.3, 0.4) is 0 Å². The lowest BCUT2D eigenvalue weighted by molar-refractivity contribution is -0.181. The zero-order valence-electron chi connectivity index (χ0n) is 12.0. The highest BCUT2D eigenvalue weighted by Crippen LogP contribution is 2.31. The van der Waals surface area contributed by atoms with Crippen LogP contribution in [0.5, 0.6) is 5.75 Å². The van der Waals surface area contributed by atoms with Crippen LogP contribution >= 0.6 is 0 Å². The van der Waals surface area contributed by atoms with E-state index in [2.05, 4.69) is 4.74 Å². The summed E-state index contributed by atoms with van der Waals surface area (Å²) >= 11 is 0. The Kier molecular flexibility index (Phi) is 4.26. The van der Waals surface area contributed by atoms with E-state index < -0.39 is 12.4 Å². The molecule has 2 fully saturated rings. The first kappa shape index (κ1) is 15.2. The van der Waals surface area contributed by atoms with Crippen molar-refractivity contribution in [2.75, 3.05) is 26.3 Å². The molecule has 5 nitrogen and oxygen atoms in total. The third kappa shape index (κ3) is 3.20. The number of amides is 1. The predicted octanol–water partition coefficient (Wildman–Crippen LogP) is 2.27. The van der Waals surface area contributed by atoms with E-state index in [0.29, 0.717) is 44.7 Å². The molecule has 1 aromatic rings. The Labute approximate surface area is 126 Å². The molecule has 0 atom stereocenters. The van der Waals surface area contributed by atoms with Crippen molar-refractivity contribution in [3.8, 4) is 5.75 Å². The van der Waals surface area contributed by atoms with E-state index in [4.69, 9.17) is 9.47 Å². The molecule has 2 aliphatic rings. The zero-order valence-corrected chi connectivity index (χ0v) is 12.0. The number of ether oxygens (including phenoxy) is 3. The standard InChI is InChI=1S/C15H17F2NO4/c16-14(17)22-12-3-1-11(2-4-12)13(19)18-7-5-15(6-8-18)20-9-10-21-15/h1-4,14H,5-10H2. The number of carbonyl (C=O) groups is 1. The lowest BCUT2D eigenvalue weighted by Gasteiger charge is -2.37. The number of hydrogen-bond donors (Lipinski definition) is 0. The van der Waals surface area contributed by atoms with Crippen LogP contribution in [0.2, 0.25) is 0 Å². The van der Waals surface area contributed by atoms with E-state index in [1.54, 1.807) is 4.90 Å². The van der Waals surface area contributed by atoms with E-state index >= 15 is 0 Å². The normalized spacial score (nSPS) is 20.6. The molecule has 7 heteroatoms. The van der Waals surface area contributed by atoms with Crippen molar-refractivity contribution >= 4 is 5.91 Å². The van der Waals surface area contributed by atoms with Gasteiger partial charge in [0.1, 0.15) is 5.75 Å². The highest BCUT2D eigenvalue weighted by atomic mass is 19.3. The Hall–Kier alpha value is -1.73. The summed E-state index contributed by atoms with van der Waals surface area (Å²) in [5.74, 6) is -0.612. The van der Waals surface area contributed by atoms with Gasteiger partial charge < -0.3 is 19.1 Å². The SMILES string of the molecule is O=C(c1ccc(OC(F)F)cc1)N1CCC2(CC1)OCCO2. The number of rotatable bonds is 3. The third-order valence-corrected chi connectivity index (χ3v) is 3.95. The summed E-state index contributed by atoms with van der Waals surface area (Å²) < 4.78 is 39.7. The first-order valence-corrected chi connectivity index (χ1v) is 7.20. The van der Waals surface area contributed by atoms with Crippen LogP contribution in [-0.4, -0.2) is 49.5 Å². The molecule has 3 rings (SSSR count). The van der Waals surface area contributed by atoms with Gasteiger partial charge in [0.15, 0.2) is 5.79 Å². The van der Waals surface area contributed by atoms with E-state index in [0.717, 1.165) is 0 Å². The van der Waals surface area contributed by atoms with E-state index in [1.807, 2.05) is 0 Å². The molecular formula is C15H17F2NO4. The van der Waals surface area contributed by atoms with Crippen molar-refractivity contribution in [1.29, 1.82) is 0 Å². The van der Waals surface area contributed by atoms with E-state index in [9.17, 15) is 13.6 Å². The maximum atomic E-state index is 12.4. The number of alkyl halides is 2. The fourth-order valence-electron chi connectivity index (χ4n) is 2.80. The zero-order chi connectivity index (χ0) is 15.6. The van der Waals surface area contributed by atoms with Crippen LogP contribution in [0.4, 0.5) is 8.78 Å². The van der Waals surface area contributed by atoms with Crippen molar-refractivity contribution in [2.45, 2.75) is 25.2 Å². The van der Waals surface area contributed by atoms with Gasteiger partial charge in [-0.15, -0.1) is 0 Å². The Bertz CT molecular complexity index is 519. The highest BCUT2D eigenvalue weighted by Gasteiger charge is 2.40. The summed E-state index contributed by atoms with van der Waals surface area (Å²) in [6.45, 7) is -0.576. The number of likely N-dealkylation sites (tertiary alicyclic amines) is 1. The maximum absolute atomic E-state index is 12.4. The van der Waals surface area contributed by atoms with Crippen LogP contribution in [0.1, 0.15) is 23.2 Å². The van der Waals surface area contributed by atoms with Crippen molar-refractivity contribution in [3.63, 3.8) is 0 Å². The van der Waals surface area contributed by atoms with Crippen molar-refractivity contribution in [1.82, 2.24) is 4.90 Å². The van der Waals surface area contributed by atoms with Gasteiger partial charge >= 0.3 is 6.61 Å². The number of halogens is 2. The first-order chi connectivity index (χ1) is 10.6. The van der Waals surface area contributed by atoms with Gasteiger partial charge in [0.25, 0.3) is 5.91 Å². The summed E-state index contributed by atoms with van der Waals surface area (Å²) in [6.07, 6.45) is 1.29. The Morgan fingerprint density at radius 2 is 1.73 bits per heavy atom. The van der Waals surface area contributed by atoms with Gasteiger partial charge in [-0.2, -0.15) is 8.78 Å². The number of benzene rings is 1. The van der Waals surface area contributed by atoms with Crippen LogP contribution in [0, 0.1) is 0 Å². The molecule has 2 saturated heterocycles. The molecule has 0 unspecified atom stereocenters. The van der Waals surface area contributed by atoms with Crippen LogP contribution in [-0.2, 0) is 9.47 Å². The van der Waals surface area contributed by atoms with Gasteiger partial charge in [-0.05, 0) is 24.3 Å². The minimum atomic E-state index is -2.87. The molecule has 0 radical (unpaired) electrons. The fourth-order valence-corrected chi connectivity index (χ4v) is 2.80. The average Bonchev–Trinajstić information content (AvgIpc) is 2.96. The Morgan fingerprint density at radius 3 is 2.27 bits per heavy atom. The molecule has 120 valence electrons. The molecule has 22 heavy (non-hydrogen) atoms. The first-order valence-electron chi connectivity index (χ1n) is 7.20. The lowest BCUT2D eigenvalue weighted by atomic mass is 10.0. The van der Waals surface area contributed by atoms with E-state index in [1.165, 1.54) is 24.3 Å². The number of hydrogen-bond acceptors (Lipinski definition) is 4. The van der Waals surface area contributed by atoms with Gasteiger partial charge in [-0.1, -0.05) is 0 Å². The number of carbonyl (C=O) groups excluding carboxylic acids is 1. The van der Waals surface area contributed by atoms with Gasteiger partial charge in [0.2, 0.25) is 0 Å². The lowest BCUT2D eigenvalue weighted by Crippen LogP contribution is -2.47. The van der Waals surface area contributed by atoms with Crippen molar-refractivity contribution in [3.05, 3.63) is 29.8 Å². The fraction of sp³-hybridized carbons (Fsp3) is 0.533. The van der Waals surface area contributed by atoms with Gasteiger partial charge in [0.05, 0.1) is 13.2 Å². The topological polar surface area (TPSA) is 48.0 Å². The second kappa shape index (κ2) is 6.18. The molecule has 2 heterocycles. The summed E-state index contributed by atoms with van der Waals surface area (Å²) in [5, 5.41) is 0. The largest absolute Gasteiger partial charge is 0.435 e. The third-order valence-electron chi connectivity index (χ3n) is 3.95. The summed E-state index contributed by atoms with van der Waals surface area (Å²) in [5.41, 5.74) is 0.450. The maximum Gasteiger partial charge on any atom is 0.387 e. The minimum Gasteiger partial charge on any atom is -0.435 e. The van der Waals surface area contributed by atoms with Crippen molar-refractivity contribution < 1.29 is 27.8 Å². The predicted molar refractivity (Wildman–Crippen MR) is 72.8 cm³/mol.